The summed E-state index contributed by atoms with van der Waals surface area (Å²) < 4.78 is 6.14. The Balaban J connectivity index is 2.53. The van der Waals surface area contributed by atoms with Crippen LogP contribution in [0.2, 0.25) is 0 Å². The summed E-state index contributed by atoms with van der Waals surface area (Å²) in [5.41, 5.74) is 1.19. The largest absolute Gasteiger partial charge is 0.483 e. The SMILES string of the molecule is CCCc1ccc(OCC(=O)NC(C)C(=O)O)c(Br)c1. The molecule has 0 saturated carbocycles. The fraction of sp³-hybridized carbons (Fsp3) is 0.429. The number of aliphatic carboxylic acids is 1. The number of carbonyl (C=O) groups excluding carboxylic acids is 1. The molecule has 0 aliphatic heterocycles. The van der Waals surface area contributed by atoms with E-state index in [4.69, 9.17) is 9.84 Å². The summed E-state index contributed by atoms with van der Waals surface area (Å²) in [7, 11) is 0. The van der Waals surface area contributed by atoms with Gasteiger partial charge >= 0.3 is 5.97 Å². The lowest BCUT2D eigenvalue weighted by atomic mass is 10.1. The van der Waals surface area contributed by atoms with Crippen LogP contribution in [0.5, 0.6) is 5.75 Å². The Hall–Kier alpha value is -1.56. The highest BCUT2D eigenvalue weighted by molar-refractivity contribution is 9.10. The minimum absolute atomic E-state index is 0.219. The van der Waals surface area contributed by atoms with Crippen LogP contribution >= 0.6 is 15.9 Å². The third-order valence-electron chi connectivity index (χ3n) is 2.64. The summed E-state index contributed by atoms with van der Waals surface area (Å²) in [4.78, 5) is 22.1. The van der Waals surface area contributed by atoms with Crippen molar-refractivity contribution in [3.8, 4) is 5.75 Å². The molecule has 0 aromatic heterocycles. The number of carboxylic acid groups (broad SMARTS) is 1. The molecule has 0 radical (unpaired) electrons. The summed E-state index contributed by atoms with van der Waals surface area (Å²) in [6.45, 7) is 3.28. The van der Waals surface area contributed by atoms with E-state index in [0.717, 1.165) is 17.3 Å². The molecule has 0 aliphatic rings. The fourth-order valence-corrected chi connectivity index (χ4v) is 2.13. The summed E-state index contributed by atoms with van der Waals surface area (Å²) >= 11 is 3.39. The van der Waals surface area contributed by atoms with E-state index >= 15 is 0 Å². The summed E-state index contributed by atoms with van der Waals surface area (Å²) in [5.74, 6) is -0.990. The lowest BCUT2D eigenvalue weighted by Crippen LogP contribution is -2.40. The molecule has 20 heavy (non-hydrogen) atoms. The van der Waals surface area contributed by atoms with Gasteiger partial charge < -0.3 is 15.2 Å². The maximum Gasteiger partial charge on any atom is 0.325 e. The summed E-state index contributed by atoms with van der Waals surface area (Å²) in [5, 5.41) is 11.0. The summed E-state index contributed by atoms with van der Waals surface area (Å²) in [6.07, 6.45) is 2.04. The molecule has 110 valence electrons. The van der Waals surface area contributed by atoms with Crippen molar-refractivity contribution in [2.45, 2.75) is 32.7 Å². The van der Waals surface area contributed by atoms with Gasteiger partial charge in [0.05, 0.1) is 4.47 Å². The highest BCUT2D eigenvalue weighted by Gasteiger charge is 2.14. The fourth-order valence-electron chi connectivity index (χ4n) is 1.59. The molecule has 6 heteroatoms. The van der Waals surface area contributed by atoms with Gasteiger partial charge in [0.15, 0.2) is 6.61 Å². The van der Waals surface area contributed by atoms with Crippen molar-refractivity contribution in [1.29, 1.82) is 0 Å². The Morgan fingerprint density at radius 2 is 2.15 bits per heavy atom. The highest BCUT2D eigenvalue weighted by atomic mass is 79.9. The van der Waals surface area contributed by atoms with E-state index in [0.29, 0.717) is 5.75 Å². The van der Waals surface area contributed by atoms with Crippen LogP contribution in [0.4, 0.5) is 0 Å². The van der Waals surface area contributed by atoms with Gasteiger partial charge in [-0.2, -0.15) is 0 Å². The number of rotatable bonds is 7. The van der Waals surface area contributed by atoms with Crippen LogP contribution < -0.4 is 10.1 Å². The number of carbonyl (C=O) groups is 2. The first-order valence-corrected chi connectivity index (χ1v) is 7.16. The van der Waals surface area contributed by atoms with Gasteiger partial charge in [-0.1, -0.05) is 19.4 Å². The Kier molecular flexibility index (Phi) is 6.51. The second-order valence-corrected chi connectivity index (χ2v) is 5.29. The molecule has 1 amide bonds. The number of hydrogen-bond donors (Lipinski definition) is 2. The van der Waals surface area contributed by atoms with Gasteiger partial charge in [-0.25, -0.2) is 0 Å². The monoisotopic (exact) mass is 343 g/mol. The average Bonchev–Trinajstić information content (AvgIpc) is 2.38. The zero-order valence-corrected chi connectivity index (χ0v) is 13.1. The van der Waals surface area contributed by atoms with E-state index in [1.165, 1.54) is 12.5 Å². The molecule has 2 N–H and O–H groups in total. The average molecular weight is 344 g/mol. The van der Waals surface area contributed by atoms with Crippen LogP contribution in [0.1, 0.15) is 25.8 Å². The minimum atomic E-state index is -1.08. The number of benzene rings is 1. The van der Waals surface area contributed by atoms with Gasteiger partial charge in [-0.15, -0.1) is 0 Å². The first-order valence-electron chi connectivity index (χ1n) is 6.37. The topological polar surface area (TPSA) is 75.6 Å². The van der Waals surface area contributed by atoms with E-state index in [-0.39, 0.29) is 6.61 Å². The van der Waals surface area contributed by atoms with Gasteiger partial charge in [-0.3, -0.25) is 9.59 Å². The van der Waals surface area contributed by atoms with Crippen molar-refractivity contribution >= 4 is 27.8 Å². The van der Waals surface area contributed by atoms with Crippen LogP contribution in [0.25, 0.3) is 0 Å². The Morgan fingerprint density at radius 1 is 1.45 bits per heavy atom. The van der Waals surface area contributed by atoms with Crippen LogP contribution in [0, 0.1) is 0 Å². The molecule has 1 aromatic carbocycles. The van der Waals surface area contributed by atoms with Crippen molar-refractivity contribution in [3.05, 3.63) is 28.2 Å². The third kappa shape index (κ3) is 5.21. The Morgan fingerprint density at radius 3 is 2.70 bits per heavy atom. The van der Waals surface area contributed by atoms with Crippen molar-refractivity contribution < 1.29 is 19.4 Å². The normalized spacial score (nSPS) is 11.8. The van der Waals surface area contributed by atoms with Gasteiger partial charge in [0.2, 0.25) is 0 Å². The van der Waals surface area contributed by atoms with Crippen molar-refractivity contribution in [2.75, 3.05) is 6.61 Å². The molecule has 0 spiro atoms. The summed E-state index contributed by atoms with van der Waals surface area (Å²) in [6, 6.07) is 4.77. The van der Waals surface area contributed by atoms with Crippen molar-refractivity contribution in [1.82, 2.24) is 5.32 Å². The molecule has 1 unspecified atom stereocenters. The predicted molar refractivity (Wildman–Crippen MR) is 78.9 cm³/mol. The number of ether oxygens (including phenoxy) is 1. The Labute approximate surface area is 126 Å². The van der Waals surface area contributed by atoms with Gasteiger partial charge in [0.25, 0.3) is 5.91 Å². The lowest BCUT2D eigenvalue weighted by molar-refractivity contribution is -0.141. The molecule has 1 rings (SSSR count). The van der Waals surface area contributed by atoms with E-state index in [9.17, 15) is 9.59 Å². The van der Waals surface area contributed by atoms with E-state index in [1.54, 1.807) is 6.07 Å². The maximum absolute atomic E-state index is 11.5. The van der Waals surface area contributed by atoms with Crippen LogP contribution in [-0.2, 0) is 16.0 Å². The molecular weight excluding hydrogens is 326 g/mol. The van der Waals surface area contributed by atoms with Gasteiger partial charge in [-0.05, 0) is 47.0 Å². The quantitative estimate of drug-likeness (QED) is 0.796. The second kappa shape index (κ2) is 7.89. The predicted octanol–water partition coefficient (Wildman–Crippen LogP) is 2.37. The molecule has 0 saturated heterocycles. The molecular formula is C14H18BrNO4. The highest BCUT2D eigenvalue weighted by Crippen LogP contribution is 2.26. The van der Waals surface area contributed by atoms with Gasteiger partial charge in [0.1, 0.15) is 11.8 Å². The number of nitrogens with one attached hydrogen (secondary N) is 1. The lowest BCUT2D eigenvalue weighted by Gasteiger charge is -2.12. The van der Waals surface area contributed by atoms with E-state index in [1.807, 2.05) is 12.1 Å². The van der Waals surface area contributed by atoms with Crippen LogP contribution in [0.15, 0.2) is 22.7 Å². The smallest absolute Gasteiger partial charge is 0.325 e. The second-order valence-electron chi connectivity index (χ2n) is 4.43. The molecule has 1 aromatic rings. The number of aryl methyl sites for hydroxylation is 1. The number of amides is 1. The van der Waals surface area contributed by atoms with Crippen molar-refractivity contribution in [2.24, 2.45) is 0 Å². The van der Waals surface area contributed by atoms with Crippen molar-refractivity contribution in [3.63, 3.8) is 0 Å². The molecule has 0 aliphatic carbocycles. The van der Waals surface area contributed by atoms with Crippen LogP contribution in [0.3, 0.4) is 0 Å². The third-order valence-corrected chi connectivity index (χ3v) is 3.26. The van der Waals surface area contributed by atoms with Gasteiger partial charge in [0, 0.05) is 0 Å². The minimum Gasteiger partial charge on any atom is -0.483 e. The molecule has 0 fully saturated rings. The first kappa shape index (κ1) is 16.5. The maximum atomic E-state index is 11.5. The Bertz CT molecular complexity index is 490. The zero-order chi connectivity index (χ0) is 15.1. The molecule has 0 bridgehead atoms. The number of halogens is 1. The number of hydrogen-bond acceptors (Lipinski definition) is 3. The molecule has 5 nitrogen and oxygen atoms in total. The number of carboxylic acids is 1. The van der Waals surface area contributed by atoms with E-state index in [2.05, 4.69) is 28.2 Å². The first-order chi connectivity index (χ1) is 9.43. The molecule has 1 atom stereocenters. The van der Waals surface area contributed by atoms with E-state index < -0.39 is 17.9 Å². The zero-order valence-electron chi connectivity index (χ0n) is 11.5. The standard InChI is InChI=1S/C14H18BrNO4/c1-3-4-10-5-6-12(11(15)7-10)20-8-13(17)16-9(2)14(18)19/h5-7,9H,3-4,8H2,1-2H3,(H,16,17)(H,18,19). The molecule has 0 heterocycles. The van der Waals surface area contributed by atoms with Crippen LogP contribution in [-0.4, -0.2) is 29.6 Å².